The molecule has 1 aliphatic carbocycles. The predicted molar refractivity (Wildman–Crippen MR) is 121 cm³/mol. The first-order valence-corrected chi connectivity index (χ1v) is 10.6. The second-order valence-electron chi connectivity index (χ2n) is 8.06. The normalized spacial score (nSPS) is 21.7. The van der Waals surface area contributed by atoms with E-state index in [1.807, 2.05) is 12.1 Å². The maximum Gasteiger partial charge on any atom is 0.253 e. The summed E-state index contributed by atoms with van der Waals surface area (Å²) in [7, 11) is 1.64. The topological polar surface area (TPSA) is 50.4 Å². The van der Waals surface area contributed by atoms with E-state index in [2.05, 4.69) is 71.3 Å². The number of carbonyl (C=O) groups is 1. The Labute approximate surface area is 176 Å². The van der Waals surface area contributed by atoms with Gasteiger partial charge >= 0.3 is 0 Å². The highest BCUT2D eigenvalue weighted by molar-refractivity contribution is 6.01. The summed E-state index contributed by atoms with van der Waals surface area (Å²) in [6.07, 6.45) is 5.64. The van der Waals surface area contributed by atoms with Gasteiger partial charge in [0.1, 0.15) is 0 Å². The van der Waals surface area contributed by atoms with Crippen LogP contribution in [0.2, 0.25) is 0 Å². The van der Waals surface area contributed by atoms with Gasteiger partial charge in [0.25, 0.3) is 5.91 Å². The number of fused-ring (bicyclic) bond motifs is 4. The maximum absolute atomic E-state index is 12.9. The summed E-state index contributed by atoms with van der Waals surface area (Å²) in [5, 5.41) is 9.27. The second-order valence-corrected chi connectivity index (χ2v) is 8.06. The molecule has 2 aliphatic rings. The third kappa shape index (κ3) is 3.17. The lowest BCUT2D eigenvalue weighted by molar-refractivity contribution is 0.0937. The van der Waals surface area contributed by atoms with Crippen molar-refractivity contribution in [3.05, 3.63) is 89.5 Å². The molecule has 30 heavy (non-hydrogen) atoms. The fraction of sp³-hybridized carbons (Fsp3) is 0.269. The molecule has 3 unspecified atom stereocenters. The Balaban J connectivity index is 1.58. The lowest BCUT2D eigenvalue weighted by Crippen LogP contribution is -2.33. The van der Waals surface area contributed by atoms with Gasteiger partial charge < -0.3 is 15.4 Å². The summed E-state index contributed by atoms with van der Waals surface area (Å²) in [5.41, 5.74) is 4.17. The number of amides is 1. The van der Waals surface area contributed by atoms with Crippen LogP contribution in [-0.2, 0) is 4.74 Å². The number of ether oxygens (including phenoxy) is 1. The fourth-order valence-electron chi connectivity index (χ4n) is 5.00. The number of methoxy groups -OCH3 is 1. The van der Waals surface area contributed by atoms with Gasteiger partial charge in [0.05, 0.1) is 23.9 Å². The van der Waals surface area contributed by atoms with E-state index in [0.717, 1.165) is 12.1 Å². The molecule has 0 radical (unpaired) electrons. The van der Waals surface area contributed by atoms with Crippen LogP contribution in [0.4, 0.5) is 5.69 Å². The molecule has 4 heteroatoms. The fourth-order valence-corrected chi connectivity index (χ4v) is 5.00. The molecule has 0 saturated heterocycles. The van der Waals surface area contributed by atoms with Crippen molar-refractivity contribution in [2.75, 3.05) is 25.6 Å². The zero-order valence-corrected chi connectivity index (χ0v) is 17.1. The minimum atomic E-state index is -0.0616. The van der Waals surface area contributed by atoms with Crippen molar-refractivity contribution in [2.24, 2.45) is 5.92 Å². The Morgan fingerprint density at radius 2 is 1.87 bits per heavy atom. The molecular weight excluding hydrogens is 372 g/mol. The Morgan fingerprint density at radius 3 is 2.77 bits per heavy atom. The summed E-state index contributed by atoms with van der Waals surface area (Å²) in [4.78, 5) is 12.9. The molecule has 2 N–H and O–H groups in total. The molecule has 1 amide bonds. The largest absolute Gasteiger partial charge is 0.383 e. The smallest absolute Gasteiger partial charge is 0.253 e. The van der Waals surface area contributed by atoms with Crippen LogP contribution in [0.1, 0.15) is 39.9 Å². The number of carbonyl (C=O) groups excluding carboxylic acids is 1. The minimum Gasteiger partial charge on any atom is -0.383 e. The number of hydrogen-bond acceptors (Lipinski definition) is 3. The van der Waals surface area contributed by atoms with Crippen LogP contribution < -0.4 is 10.6 Å². The van der Waals surface area contributed by atoms with Crippen molar-refractivity contribution in [3.63, 3.8) is 0 Å². The van der Waals surface area contributed by atoms with E-state index in [-0.39, 0.29) is 11.9 Å². The minimum absolute atomic E-state index is 0.0616. The molecule has 152 valence electrons. The van der Waals surface area contributed by atoms with E-state index in [9.17, 15) is 4.79 Å². The van der Waals surface area contributed by atoms with Gasteiger partial charge in [-0.2, -0.15) is 0 Å². The van der Waals surface area contributed by atoms with Crippen LogP contribution in [0.5, 0.6) is 0 Å². The van der Waals surface area contributed by atoms with Gasteiger partial charge in [-0.05, 0) is 40.3 Å². The summed E-state index contributed by atoms with van der Waals surface area (Å²) in [6.45, 7) is 0.998. The van der Waals surface area contributed by atoms with Crippen LogP contribution in [0.15, 0.2) is 72.8 Å². The molecule has 0 spiro atoms. The molecule has 3 atom stereocenters. The number of anilines is 1. The number of para-hydroxylation sites is 1. The van der Waals surface area contributed by atoms with Gasteiger partial charge in [-0.25, -0.2) is 0 Å². The van der Waals surface area contributed by atoms with Crippen molar-refractivity contribution >= 4 is 22.4 Å². The van der Waals surface area contributed by atoms with Crippen molar-refractivity contribution in [1.29, 1.82) is 0 Å². The number of benzene rings is 3. The van der Waals surface area contributed by atoms with Crippen molar-refractivity contribution < 1.29 is 9.53 Å². The van der Waals surface area contributed by atoms with Gasteiger partial charge in [0, 0.05) is 19.6 Å². The summed E-state index contributed by atoms with van der Waals surface area (Å²) < 4.78 is 5.07. The molecule has 0 bridgehead atoms. The molecule has 3 aromatic carbocycles. The highest BCUT2D eigenvalue weighted by atomic mass is 16.5. The van der Waals surface area contributed by atoms with Crippen molar-refractivity contribution in [3.8, 4) is 0 Å². The van der Waals surface area contributed by atoms with Gasteiger partial charge in [-0.15, -0.1) is 0 Å². The summed E-state index contributed by atoms with van der Waals surface area (Å²) >= 11 is 0. The van der Waals surface area contributed by atoms with Crippen LogP contribution in [0, 0.1) is 5.92 Å². The summed E-state index contributed by atoms with van der Waals surface area (Å²) in [6, 6.07) is 21.3. The first-order chi connectivity index (χ1) is 14.8. The average molecular weight is 399 g/mol. The third-order valence-electron chi connectivity index (χ3n) is 6.39. The number of nitrogens with one attached hydrogen (secondary N) is 2. The van der Waals surface area contributed by atoms with Crippen molar-refractivity contribution in [1.82, 2.24) is 5.32 Å². The number of rotatable bonds is 5. The van der Waals surface area contributed by atoms with E-state index in [1.54, 1.807) is 7.11 Å². The Morgan fingerprint density at radius 1 is 1.07 bits per heavy atom. The molecule has 1 heterocycles. The zero-order valence-electron chi connectivity index (χ0n) is 17.1. The van der Waals surface area contributed by atoms with Gasteiger partial charge in [0.2, 0.25) is 0 Å². The van der Waals surface area contributed by atoms with Gasteiger partial charge in [-0.1, -0.05) is 66.7 Å². The first kappa shape index (κ1) is 18.9. The van der Waals surface area contributed by atoms with Crippen molar-refractivity contribution in [2.45, 2.75) is 18.4 Å². The molecule has 5 rings (SSSR count). The Kier molecular flexibility index (Phi) is 5.01. The van der Waals surface area contributed by atoms with Crippen LogP contribution in [0.3, 0.4) is 0 Å². The number of hydrogen-bond donors (Lipinski definition) is 2. The Hall–Kier alpha value is -3.11. The maximum atomic E-state index is 12.9. The quantitative estimate of drug-likeness (QED) is 0.467. The molecule has 4 nitrogen and oxygen atoms in total. The highest BCUT2D eigenvalue weighted by Gasteiger charge is 2.39. The Bertz CT molecular complexity index is 1120. The third-order valence-corrected chi connectivity index (χ3v) is 6.39. The van der Waals surface area contributed by atoms with E-state index in [4.69, 9.17) is 4.74 Å². The van der Waals surface area contributed by atoms with E-state index < -0.39 is 0 Å². The molecular formula is C26H26N2O2. The van der Waals surface area contributed by atoms with E-state index in [1.165, 1.54) is 21.9 Å². The summed E-state index contributed by atoms with van der Waals surface area (Å²) in [5.74, 6) is 0.695. The van der Waals surface area contributed by atoms with E-state index in [0.29, 0.717) is 30.6 Å². The van der Waals surface area contributed by atoms with E-state index >= 15 is 0 Å². The monoisotopic (exact) mass is 398 g/mol. The highest BCUT2D eigenvalue weighted by Crippen LogP contribution is 2.51. The zero-order chi connectivity index (χ0) is 20.5. The van der Waals surface area contributed by atoms with Crippen LogP contribution >= 0.6 is 0 Å². The predicted octanol–water partition coefficient (Wildman–Crippen LogP) is 5.04. The molecule has 0 aromatic heterocycles. The molecule has 1 aliphatic heterocycles. The van der Waals surface area contributed by atoms with Gasteiger partial charge in [0.15, 0.2) is 0 Å². The molecule has 0 fully saturated rings. The number of allylic oxidation sites excluding steroid dienone is 2. The molecule has 3 aromatic rings. The lowest BCUT2D eigenvalue weighted by Gasteiger charge is -2.38. The van der Waals surface area contributed by atoms with Gasteiger partial charge in [-0.3, -0.25) is 4.79 Å². The SMILES string of the molecule is COCCNC(=O)c1cccc2c1NC(c1cccc3ccccc13)C1CC=CC21. The molecule has 0 saturated carbocycles. The van der Waals surface area contributed by atoms with Crippen LogP contribution in [-0.4, -0.2) is 26.2 Å². The first-order valence-electron chi connectivity index (χ1n) is 10.6. The second kappa shape index (κ2) is 7.96. The average Bonchev–Trinajstić information content (AvgIpc) is 3.28. The lowest BCUT2D eigenvalue weighted by atomic mass is 9.75. The van der Waals surface area contributed by atoms with Crippen LogP contribution in [0.25, 0.3) is 10.8 Å². The standard InChI is InChI=1S/C26H26N2O2/c1-30-16-15-27-26(29)23-14-6-13-22-19-10-5-12-21(19)24(28-25(22)23)20-11-4-8-17-7-2-3-9-18(17)20/h2-11,13-14,19,21,24,28H,12,15-16H2,1H3,(H,27,29).